The fraction of sp³-hybridized carbons (Fsp3) is 0.167. The molecular weight excluding hydrogens is 358 g/mol. The Morgan fingerprint density at radius 1 is 1.20 bits per heavy atom. The van der Waals surface area contributed by atoms with E-state index in [9.17, 15) is 9.59 Å². The number of hydrogen-bond acceptors (Lipinski definition) is 4. The van der Waals surface area contributed by atoms with E-state index in [1.165, 1.54) is 16.7 Å². The third kappa shape index (κ3) is 4.41. The lowest BCUT2D eigenvalue weighted by Crippen LogP contribution is -2.43. The minimum Gasteiger partial charge on any atom is -0.325 e. The molecule has 1 fully saturated rings. The Balaban J connectivity index is 1.77. The summed E-state index contributed by atoms with van der Waals surface area (Å²) < 4.78 is 0. The molecule has 2 aromatic carbocycles. The van der Waals surface area contributed by atoms with Crippen molar-refractivity contribution in [2.24, 2.45) is 4.99 Å². The number of amidine groups is 1. The number of rotatable bonds is 3. The average molecular weight is 374 g/mol. The van der Waals surface area contributed by atoms with Gasteiger partial charge in [-0.1, -0.05) is 41.6 Å². The van der Waals surface area contributed by atoms with Crippen LogP contribution in [0.15, 0.2) is 59.6 Å². The van der Waals surface area contributed by atoms with Crippen LogP contribution in [0.5, 0.6) is 0 Å². The fourth-order valence-corrected chi connectivity index (χ4v) is 3.46. The topological polar surface area (TPSA) is 61.8 Å². The van der Waals surface area contributed by atoms with Crippen LogP contribution in [-0.4, -0.2) is 34.2 Å². The summed E-state index contributed by atoms with van der Waals surface area (Å²) in [5.41, 5.74) is 1.38. The highest BCUT2D eigenvalue weighted by molar-refractivity contribution is 8.15. The van der Waals surface area contributed by atoms with Crippen LogP contribution in [0.3, 0.4) is 0 Å². The summed E-state index contributed by atoms with van der Waals surface area (Å²) in [4.78, 5) is 30.7. The molecule has 0 aromatic heterocycles. The molecule has 1 atom stereocenters. The number of thioether (sulfide) groups is 1. The van der Waals surface area contributed by atoms with Gasteiger partial charge in [0.1, 0.15) is 5.25 Å². The lowest BCUT2D eigenvalue weighted by atomic mass is 10.2. The highest BCUT2D eigenvalue weighted by Crippen LogP contribution is 2.29. The van der Waals surface area contributed by atoms with Gasteiger partial charge in [0.2, 0.25) is 11.8 Å². The molecule has 1 N–H and O–H groups in total. The molecule has 5 nitrogen and oxygen atoms in total. The van der Waals surface area contributed by atoms with E-state index < -0.39 is 5.25 Å². The van der Waals surface area contributed by atoms with Gasteiger partial charge in [-0.05, 0) is 36.4 Å². The summed E-state index contributed by atoms with van der Waals surface area (Å²) in [6.07, 6.45) is 0.138. The SMILES string of the molecule is CN1C(=O)CC(C(=O)Nc2ccccc2)SC1=Nc1ccc(Cl)cc1. The number of halogens is 1. The third-order valence-corrected chi connectivity index (χ3v) is 5.15. The van der Waals surface area contributed by atoms with Gasteiger partial charge in [-0.15, -0.1) is 0 Å². The second kappa shape index (κ2) is 7.72. The zero-order valence-corrected chi connectivity index (χ0v) is 15.1. The van der Waals surface area contributed by atoms with Crippen molar-refractivity contribution in [3.8, 4) is 0 Å². The van der Waals surface area contributed by atoms with E-state index in [1.807, 2.05) is 30.3 Å². The van der Waals surface area contributed by atoms with Crippen molar-refractivity contribution in [2.75, 3.05) is 12.4 Å². The third-order valence-electron chi connectivity index (χ3n) is 3.65. The van der Waals surface area contributed by atoms with E-state index >= 15 is 0 Å². The molecule has 1 saturated heterocycles. The van der Waals surface area contributed by atoms with Crippen LogP contribution in [0.4, 0.5) is 11.4 Å². The first-order chi connectivity index (χ1) is 12.0. The van der Waals surface area contributed by atoms with E-state index in [4.69, 9.17) is 11.6 Å². The maximum Gasteiger partial charge on any atom is 0.238 e. The minimum atomic E-state index is -0.519. The molecule has 2 aromatic rings. The maximum atomic E-state index is 12.5. The fourth-order valence-electron chi connectivity index (χ4n) is 2.27. The van der Waals surface area contributed by atoms with Crippen LogP contribution >= 0.6 is 23.4 Å². The second-order valence-electron chi connectivity index (χ2n) is 5.49. The number of aliphatic imine (C=N–C) groups is 1. The number of amides is 2. The minimum absolute atomic E-state index is 0.138. The number of carbonyl (C=O) groups is 2. The summed E-state index contributed by atoms with van der Waals surface area (Å²) >= 11 is 7.16. The first-order valence-corrected chi connectivity index (χ1v) is 8.92. The zero-order chi connectivity index (χ0) is 17.8. The van der Waals surface area contributed by atoms with Crippen LogP contribution in [0.25, 0.3) is 0 Å². The molecule has 0 aliphatic carbocycles. The summed E-state index contributed by atoms with van der Waals surface area (Å²) in [7, 11) is 1.66. The number of para-hydroxylation sites is 1. The number of carbonyl (C=O) groups excluding carboxylic acids is 2. The smallest absolute Gasteiger partial charge is 0.238 e. The Morgan fingerprint density at radius 2 is 1.88 bits per heavy atom. The van der Waals surface area contributed by atoms with Crippen molar-refractivity contribution in [1.29, 1.82) is 0 Å². The molecule has 3 rings (SSSR count). The summed E-state index contributed by atoms with van der Waals surface area (Å²) in [5.74, 6) is -0.346. The van der Waals surface area contributed by atoms with Gasteiger partial charge < -0.3 is 5.32 Å². The molecule has 0 saturated carbocycles. The van der Waals surface area contributed by atoms with Crippen molar-refractivity contribution in [1.82, 2.24) is 4.90 Å². The van der Waals surface area contributed by atoms with Gasteiger partial charge in [0, 0.05) is 24.2 Å². The number of hydrogen-bond donors (Lipinski definition) is 1. The van der Waals surface area contributed by atoms with Crippen molar-refractivity contribution in [3.05, 3.63) is 59.6 Å². The van der Waals surface area contributed by atoms with Gasteiger partial charge in [0.15, 0.2) is 5.17 Å². The van der Waals surface area contributed by atoms with E-state index in [0.717, 1.165) is 0 Å². The van der Waals surface area contributed by atoms with Crippen molar-refractivity contribution < 1.29 is 9.59 Å². The molecule has 0 spiro atoms. The molecule has 2 amide bonds. The van der Waals surface area contributed by atoms with Gasteiger partial charge in [0.05, 0.1) is 5.69 Å². The summed E-state index contributed by atoms with van der Waals surface area (Å²) in [6, 6.07) is 16.2. The normalized spacial score (nSPS) is 19.1. The lowest BCUT2D eigenvalue weighted by Gasteiger charge is -2.28. The van der Waals surface area contributed by atoms with E-state index in [-0.39, 0.29) is 18.2 Å². The standard InChI is InChI=1S/C18H16ClN3O2S/c1-22-16(23)11-15(17(24)20-13-5-3-2-4-6-13)25-18(22)21-14-9-7-12(19)8-10-14/h2-10,15H,11H2,1H3,(H,20,24). The molecule has 1 aliphatic heterocycles. The molecule has 1 aliphatic rings. The van der Waals surface area contributed by atoms with Crippen LogP contribution in [-0.2, 0) is 9.59 Å². The second-order valence-corrected chi connectivity index (χ2v) is 7.10. The van der Waals surface area contributed by atoms with Gasteiger partial charge >= 0.3 is 0 Å². The highest BCUT2D eigenvalue weighted by atomic mass is 35.5. The Bertz CT molecular complexity index is 809. The number of nitrogens with one attached hydrogen (secondary N) is 1. The van der Waals surface area contributed by atoms with E-state index in [2.05, 4.69) is 10.3 Å². The van der Waals surface area contributed by atoms with Gasteiger partial charge in [-0.25, -0.2) is 4.99 Å². The predicted molar refractivity (Wildman–Crippen MR) is 102 cm³/mol. The van der Waals surface area contributed by atoms with Gasteiger partial charge in [-0.2, -0.15) is 0 Å². The van der Waals surface area contributed by atoms with Gasteiger partial charge in [-0.3, -0.25) is 14.5 Å². The molecule has 0 radical (unpaired) electrons. The lowest BCUT2D eigenvalue weighted by molar-refractivity contribution is -0.128. The quantitative estimate of drug-likeness (QED) is 0.886. The largest absolute Gasteiger partial charge is 0.325 e. The molecule has 1 heterocycles. The Morgan fingerprint density at radius 3 is 2.56 bits per heavy atom. The molecule has 0 bridgehead atoms. The Hall–Kier alpha value is -2.31. The molecule has 7 heteroatoms. The predicted octanol–water partition coefficient (Wildman–Crippen LogP) is 3.93. The monoisotopic (exact) mass is 373 g/mol. The first-order valence-electron chi connectivity index (χ1n) is 7.66. The number of nitrogens with zero attached hydrogens (tertiary/aromatic N) is 2. The molecule has 1 unspecified atom stereocenters. The average Bonchev–Trinajstić information content (AvgIpc) is 2.61. The maximum absolute atomic E-state index is 12.5. The Kier molecular flexibility index (Phi) is 5.40. The summed E-state index contributed by atoms with van der Waals surface area (Å²) in [6.45, 7) is 0. The number of anilines is 1. The molecular formula is C18H16ClN3O2S. The van der Waals surface area contributed by atoms with Crippen LogP contribution in [0.1, 0.15) is 6.42 Å². The van der Waals surface area contributed by atoms with Gasteiger partial charge in [0.25, 0.3) is 0 Å². The van der Waals surface area contributed by atoms with Crippen LogP contribution in [0.2, 0.25) is 5.02 Å². The van der Waals surface area contributed by atoms with Crippen LogP contribution < -0.4 is 5.32 Å². The van der Waals surface area contributed by atoms with Crippen molar-refractivity contribution >= 4 is 51.7 Å². The van der Waals surface area contributed by atoms with E-state index in [1.54, 1.807) is 31.3 Å². The van der Waals surface area contributed by atoms with Crippen molar-refractivity contribution in [3.63, 3.8) is 0 Å². The van der Waals surface area contributed by atoms with E-state index in [0.29, 0.717) is 21.6 Å². The zero-order valence-electron chi connectivity index (χ0n) is 13.5. The highest BCUT2D eigenvalue weighted by Gasteiger charge is 2.34. The molecule has 128 valence electrons. The number of benzene rings is 2. The van der Waals surface area contributed by atoms with Crippen LogP contribution in [0, 0.1) is 0 Å². The summed E-state index contributed by atoms with van der Waals surface area (Å²) in [5, 5.41) is 3.43. The molecule has 25 heavy (non-hydrogen) atoms. The van der Waals surface area contributed by atoms with Crippen molar-refractivity contribution in [2.45, 2.75) is 11.7 Å². The first kappa shape index (κ1) is 17.5. The Labute approximate surface area is 155 Å².